The van der Waals surface area contributed by atoms with E-state index in [1.807, 2.05) is 0 Å². The number of nitrogens with zero attached hydrogens (tertiary/aromatic N) is 4. The molecule has 6 aromatic rings. The van der Waals surface area contributed by atoms with Crippen molar-refractivity contribution >= 4 is 35.2 Å². The van der Waals surface area contributed by atoms with Gasteiger partial charge in [0.2, 0.25) is 17.7 Å². The smallest absolute Gasteiger partial charge is 0.435 e. The van der Waals surface area contributed by atoms with Gasteiger partial charge in [-0.2, -0.15) is 49.7 Å². The van der Waals surface area contributed by atoms with Crippen molar-refractivity contribution in [2.24, 2.45) is 0 Å². The number of H-pyrrole nitrogens is 1. The van der Waals surface area contributed by atoms with Crippen LogP contribution in [0.3, 0.4) is 0 Å². The van der Waals surface area contributed by atoms with Crippen LogP contribution in [0, 0.1) is 0 Å². The Morgan fingerprint density at radius 3 is 1.94 bits per heavy atom. The number of hydrogen-bond acceptors (Lipinski definition) is 14. The summed E-state index contributed by atoms with van der Waals surface area (Å²) in [7, 11) is 0. The van der Waals surface area contributed by atoms with E-state index >= 15 is 0 Å². The van der Waals surface area contributed by atoms with Gasteiger partial charge in [0.1, 0.15) is 43.1 Å². The molecule has 1 fully saturated rings. The Balaban J connectivity index is 0.707. The zero-order valence-corrected chi connectivity index (χ0v) is 41.6. The van der Waals surface area contributed by atoms with Crippen LogP contribution in [-0.4, -0.2) is 118 Å². The number of carbonyl (C=O) groups is 5. The Morgan fingerprint density at radius 2 is 1.31 bits per heavy atom. The number of rotatable bonds is 24. The lowest BCUT2D eigenvalue weighted by Crippen LogP contribution is -2.54. The first-order valence-corrected chi connectivity index (χ1v) is 24.1. The molecule has 424 valence electrons. The summed E-state index contributed by atoms with van der Waals surface area (Å²) in [5.74, 6) is -4.28. The number of carbonyl (C=O) groups excluding carboxylic acids is 5. The lowest BCUT2D eigenvalue weighted by Gasteiger charge is -2.27. The minimum Gasteiger partial charge on any atom is -0.506 e. The predicted molar refractivity (Wildman–Crippen MR) is 258 cm³/mol. The number of aromatic hydroxyl groups is 1. The first-order chi connectivity index (χ1) is 38.0. The van der Waals surface area contributed by atoms with Gasteiger partial charge in [0.25, 0.3) is 11.8 Å². The lowest BCUT2D eigenvalue weighted by molar-refractivity contribution is -0.143. The molecule has 0 spiro atoms. The highest BCUT2D eigenvalue weighted by molar-refractivity contribution is 6.24. The summed E-state index contributed by atoms with van der Waals surface area (Å²) in [6.07, 6.45) is -12.1. The molecule has 1 unspecified atom stereocenters. The third-order valence-corrected chi connectivity index (χ3v) is 12.1. The standard InChI is InChI=1S/C52H46F9N7O12/c53-50(54,55)32-20-31(21-33(22-32)51(56,57)58)44-40(10-8-35(46(44)71)37-23-41(66-65-37)52(59,60)61)79-26-29-4-6-34(7-5-29)63-43(70)28-78-19-18-77-17-16-76-15-14-75-13-12-67-25-30(24-62-67)27-80-39-3-1-2-36-45(39)49(74)68(48(36)73)38-9-11-42(69)64-47(38)72/h1-8,10,20-25,38,71H,9,11-19,26-28H2,(H,63,70)(H,65,66)(H,64,69,72). The molecule has 80 heavy (non-hydrogen) atoms. The number of ether oxygens (including phenoxy) is 6. The summed E-state index contributed by atoms with van der Waals surface area (Å²) in [6.45, 7) is 1.30. The lowest BCUT2D eigenvalue weighted by atomic mass is 9.95. The van der Waals surface area contributed by atoms with Gasteiger partial charge < -0.3 is 38.8 Å². The average Bonchev–Trinajstić information content (AvgIpc) is 4.24. The highest BCUT2D eigenvalue weighted by Crippen LogP contribution is 2.48. The van der Waals surface area contributed by atoms with Crippen molar-refractivity contribution in [2.75, 3.05) is 58.2 Å². The van der Waals surface area contributed by atoms with Gasteiger partial charge in [-0.05, 0) is 78.2 Å². The molecule has 0 saturated carbocycles. The summed E-state index contributed by atoms with van der Waals surface area (Å²) in [6, 6.07) is 12.6. The molecule has 1 atom stereocenters. The fourth-order valence-electron chi connectivity index (χ4n) is 8.29. The summed E-state index contributed by atoms with van der Waals surface area (Å²) < 4.78 is 158. The molecule has 4 aromatic carbocycles. The third-order valence-electron chi connectivity index (χ3n) is 12.1. The number of imide groups is 2. The maximum Gasteiger partial charge on any atom is 0.435 e. The molecule has 2 aliphatic rings. The van der Waals surface area contributed by atoms with Crippen molar-refractivity contribution in [2.45, 2.75) is 57.2 Å². The molecular formula is C52H46F9N7O12. The SMILES string of the molecule is O=C1CCC(N2C(=O)c3cccc(OCc4cnn(CCOCCOCCOCCOCC(=O)Nc5ccc(COc6ccc(-c7cc(C(F)(F)F)n[nH]7)c(O)c6-c6cc(C(F)(F)F)cc(C(F)(F)F)c6)cc5)c4)c3C2=O)C(=O)N1. The number of piperidine rings is 1. The van der Waals surface area contributed by atoms with Crippen molar-refractivity contribution < 1.29 is 97.0 Å². The van der Waals surface area contributed by atoms with E-state index in [2.05, 4.69) is 25.9 Å². The zero-order chi connectivity index (χ0) is 57.4. The maximum absolute atomic E-state index is 13.8. The average molecular weight is 1130 g/mol. The van der Waals surface area contributed by atoms with E-state index in [4.69, 9.17) is 28.4 Å². The molecule has 28 heteroatoms. The quantitative estimate of drug-likeness (QED) is 0.0256. The van der Waals surface area contributed by atoms with Gasteiger partial charge in [-0.3, -0.25) is 44.0 Å². The van der Waals surface area contributed by atoms with E-state index in [1.54, 1.807) is 29.2 Å². The van der Waals surface area contributed by atoms with E-state index in [0.717, 1.165) is 17.0 Å². The van der Waals surface area contributed by atoms with Gasteiger partial charge in [-0.1, -0.05) is 18.2 Å². The summed E-state index contributed by atoms with van der Waals surface area (Å²) in [5, 5.41) is 25.6. The number of aromatic nitrogens is 4. The van der Waals surface area contributed by atoms with E-state index in [9.17, 15) is 68.6 Å². The second kappa shape index (κ2) is 24.8. The minimum atomic E-state index is -5.27. The largest absolute Gasteiger partial charge is 0.506 e. The first-order valence-electron chi connectivity index (χ1n) is 24.1. The van der Waals surface area contributed by atoms with Crippen LogP contribution < -0.4 is 20.1 Å². The molecule has 0 aliphatic carbocycles. The second-order valence-electron chi connectivity index (χ2n) is 17.7. The van der Waals surface area contributed by atoms with E-state index in [-0.39, 0.29) is 95.2 Å². The van der Waals surface area contributed by atoms with Crippen molar-refractivity contribution in [3.63, 3.8) is 0 Å². The van der Waals surface area contributed by atoms with Crippen LogP contribution in [0.4, 0.5) is 45.2 Å². The Labute approximate surface area is 446 Å². The van der Waals surface area contributed by atoms with Crippen LogP contribution in [0.5, 0.6) is 17.2 Å². The van der Waals surface area contributed by atoms with Gasteiger partial charge in [0.05, 0.1) is 92.5 Å². The molecule has 1 saturated heterocycles. The predicted octanol–water partition coefficient (Wildman–Crippen LogP) is 7.97. The highest BCUT2D eigenvalue weighted by Gasteiger charge is 2.46. The van der Waals surface area contributed by atoms with Gasteiger partial charge in [-0.15, -0.1) is 0 Å². The number of halogens is 9. The second-order valence-corrected chi connectivity index (χ2v) is 17.7. The van der Waals surface area contributed by atoms with Gasteiger partial charge in [0.15, 0.2) is 5.69 Å². The first kappa shape index (κ1) is 57.8. The van der Waals surface area contributed by atoms with Crippen molar-refractivity contribution in [3.8, 4) is 39.6 Å². The van der Waals surface area contributed by atoms with Crippen LogP contribution >= 0.6 is 0 Å². The monoisotopic (exact) mass is 1130 g/mol. The molecule has 4 N–H and O–H groups in total. The number of aromatic amines is 1. The maximum atomic E-state index is 13.8. The van der Waals surface area contributed by atoms with Crippen LogP contribution in [0.15, 0.2) is 91.3 Å². The van der Waals surface area contributed by atoms with Crippen molar-refractivity contribution in [1.82, 2.24) is 30.2 Å². The molecule has 19 nitrogen and oxygen atoms in total. The molecule has 2 aliphatic heterocycles. The minimum absolute atomic E-state index is 0.000634. The number of alkyl halides is 9. The number of fused-ring (bicyclic) bond motifs is 1. The van der Waals surface area contributed by atoms with Crippen molar-refractivity contribution in [3.05, 3.63) is 130 Å². The van der Waals surface area contributed by atoms with Crippen LogP contribution in [0.1, 0.15) is 61.5 Å². The zero-order valence-electron chi connectivity index (χ0n) is 41.6. The molecule has 0 bridgehead atoms. The van der Waals surface area contributed by atoms with E-state index in [0.29, 0.717) is 48.2 Å². The third kappa shape index (κ3) is 14.3. The van der Waals surface area contributed by atoms with Gasteiger partial charge in [0, 0.05) is 29.4 Å². The van der Waals surface area contributed by atoms with Crippen LogP contribution in [0.2, 0.25) is 0 Å². The fraction of sp³-hybridized carbons (Fsp3) is 0.327. The number of hydrogen-bond donors (Lipinski definition) is 4. The number of benzene rings is 4. The number of anilines is 1. The molecular weight excluding hydrogens is 1090 g/mol. The molecule has 2 aromatic heterocycles. The Bertz CT molecular complexity index is 3200. The van der Waals surface area contributed by atoms with E-state index in [1.165, 1.54) is 30.3 Å². The Morgan fingerprint density at radius 1 is 0.688 bits per heavy atom. The Kier molecular flexibility index (Phi) is 17.9. The van der Waals surface area contributed by atoms with E-state index < -0.39 is 105 Å². The number of nitrogens with one attached hydrogen (secondary N) is 3. The Hall–Kier alpha value is -8.34. The number of amides is 5. The summed E-state index contributed by atoms with van der Waals surface area (Å²) in [4.78, 5) is 63.8. The highest BCUT2D eigenvalue weighted by atomic mass is 19.4. The number of phenolic OH excluding ortho intramolecular Hbond substituents is 1. The summed E-state index contributed by atoms with van der Waals surface area (Å²) in [5.41, 5.74) is -5.70. The molecule has 0 radical (unpaired) electrons. The normalized spacial score (nSPS) is 14.9. The topological polar surface area (TPSA) is 235 Å². The van der Waals surface area contributed by atoms with Crippen molar-refractivity contribution in [1.29, 1.82) is 0 Å². The molecule has 5 amide bonds. The summed E-state index contributed by atoms with van der Waals surface area (Å²) >= 11 is 0. The van der Waals surface area contributed by atoms with Crippen LogP contribution in [-0.2, 0) is 71.6 Å². The van der Waals surface area contributed by atoms with Gasteiger partial charge in [-0.25, -0.2) is 0 Å². The van der Waals surface area contributed by atoms with Gasteiger partial charge >= 0.3 is 18.5 Å². The van der Waals surface area contributed by atoms with Crippen LogP contribution in [0.25, 0.3) is 22.4 Å². The molecule has 4 heterocycles. The molecule has 8 rings (SSSR count). The fourth-order valence-corrected chi connectivity index (χ4v) is 8.29. The number of phenols is 1.